The molecule has 0 saturated carbocycles. The van der Waals surface area contributed by atoms with Crippen molar-refractivity contribution in [2.45, 2.75) is 58.5 Å². The molecular formula is C24H25N3O5. The third-order valence-electron chi connectivity index (χ3n) is 6.47. The summed E-state index contributed by atoms with van der Waals surface area (Å²) in [6.45, 7) is 6.42. The van der Waals surface area contributed by atoms with Gasteiger partial charge in [0, 0.05) is 34.7 Å². The van der Waals surface area contributed by atoms with Gasteiger partial charge in [-0.25, -0.2) is 9.78 Å². The molecule has 166 valence electrons. The minimum Gasteiger partial charge on any atom is -0.508 e. The minimum absolute atomic E-state index is 0.102. The molecule has 0 amide bonds. The lowest BCUT2D eigenvalue weighted by atomic mass is 9.86. The summed E-state index contributed by atoms with van der Waals surface area (Å²) in [4.78, 5) is 30.4. The Morgan fingerprint density at radius 3 is 2.78 bits per heavy atom. The molecule has 5 rings (SSSR count). The summed E-state index contributed by atoms with van der Waals surface area (Å²) in [6.07, 6.45) is 0.102. The maximum absolute atomic E-state index is 13.3. The standard InChI is InChI=1S/C24H25N3O5/c1-4-24(31)17-8-19-21-13(10-27(19)22(29)16(17)11-32-23(24)30)7-14-15(9-25-12(2)3)20(28)6-5-18(14)26-21/h5-8,12,25,28,31H,4,9-11H2,1-3H3. The van der Waals surface area contributed by atoms with Gasteiger partial charge in [-0.2, -0.15) is 0 Å². The van der Waals surface area contributed by atoms with Crippen molar-refractivity contribution >= 4 is 16.9 Å². The predicted octanol–water partition coefficient (Wildman–Crippen LogP) is 2.28. The number of hydrogen-bond donors (Lipinski definition) is 3. The van der Waals surface area contributed by atoms with Crippen molar-refractivity contribution in [3.05, 3.63) is 56.9 Å². The number of fused-ring (bicyclic) bond motifs is 5. The molecule has 2 aliphatic rings. The van der Waals surface area contributed by atoms with Crippen molar-refractivity contribution < 1.29 is 19.7 Å². The molecule has 32 heavy (non-hydrogen) atoms. The molecule has 4 heterocycles. The number of phenolic OH excluding ortho intramolecular Hbond substituents is 1. The second-order valence-corrected chi connectivity index (χ2v) is 8.76. The van der Waals surface area contributed by atoms with Crippen LogP contribution in [0.1, 0.15) is 49.4 Å². The topological polar surface area (TPSA) is 114 Å². The molecule has 0 saturated heterocycles. The maximum atomic E-state index is 13.3. The summed E-state index contributed by atoms with van der Waals surface area (Å²) in [7, 11) is 0. The lowest BCUT2D eigenvalue weighted by molar-refractivity contribution is -0.172. The molecule has 3 aromatic rings. The van der Waals surface area contributed by atoms with Crippen molar-refractivity contribution in [1.82, 2.24) is 14.9 Å². The number of nitrogens with one attached hydrogen (secondary N) is 1. The van der Waals surface area contributed by atoms with Crippen LogP contribution in [-0.4, -0.2) is 31.8 Å². The Balaban J connectivity index is 1.70. The van der Waals surface area contributed by atoms with Gasteiger partial charge in [-0.15, -0.1) is 0 Å². The number of esters is 1. The Bertz CT molecular complexity index is 1340. The molecule has 1 unspecified atom stereocenters. The van der Waals surface area contributed by atoms with Crippen LogP contribution in [0.25, 0.3) is 22.3 Å². The highest BCUT2D eigenvalue weighted by Crippen LogP contribution is 2.39. The van der Waals surface area contributed by atoms with E-state index < -0.39 is 11.6 Å². The first-order chi connectivity index (χ1) is 15.2. The van der Waals surface area contributed by atoms with Crippen molar-refractivity contribution in [3.8, 4) is 17.1 Å². The fourth-order valence-corrected chi connectivity index (χ4v) is 4.59. The van der Waals surface area contributed by atoms with Crippen LogP contribution in [0.3, 0.4) is 0 Å². The summed E-state index contributed by atoms with van der Waals surface area (Å²) in [5.74, 6) is -0.543. The lowest BCUT2D eigenvalue weighted by Gasteiger charge is -2.31. The minimum atomic E-state index is -1.84. The summed E-state index contributed by atoms with van der Waals surface area (Å²) < 4.78 is 6.72. The molecule has 8 heteroatoms. The number of hydrogen-bond acceptors (Lipinski definition) is 7. The number of carbonyl (C=O) groups is 1. The molecule has 0 spiro atoms. The van der Waals surface area contributed by atoms with Crippen molar-refractivity contribution in [2.24, 2.45) is 0 Å². The smallest absolute Gasteiger partial charge is 0.343 e. The largest absolute Gasteiger partial charge is 0.508 e. The van der Waals surface area contributed by atoms with Gasteiger partial charge in [0.05, 0.1) is 29.0 Å². The highest BCUT2D eigenvalue weighted by Gasteiger charge is 2.45. The Kier molecular flexibility index (Phi) is 4.61. The van der Waals surface area contributed by atoms with E-state index >= 15 is 0 Å². The molecule has 0 bridgehead atoms. The number of rotatable bonds is 4. The first-order valence-electron chi connectivity index (χ1n) is 10.8. The quantitative estimate of drug-likeness (QED) is 0.422. The van der Waals surface area contributed by atoms with Crippen LogP contribution >= 0.6 is 0 Å². The van der Waals surface area contributed by atoms with Crippen LogP contribution < -0.4 is 10.9 Å². The molecule has 0 fully saturated rings. The van der Waals surface area contributed by atoms with E-state index in [4.69, 9.17) is 9.72 Å². The van der Waals surface area contributed by atoms with Crippen LogP contribution in [0.4, 0.5) is 0 Å². The van der Waals surface area contributed by atoms with Gasteiger partial charge >= 0.3 is 5.97 Å². The summed E-state index contributed by atoms with van der Waals surface area (Å²) in [6, 6.07) is 7.30. The predicted molar refractivity (Wildman–Crippen MR) is 118 cm³/mol. The number of benzene rings is 1. The third-order valence-corrected chi connectivity index (χ3v) is 6.47. The Morgan fingerprint density at radius 2 is 2.06 bits per heavy atom. The van der Waals surface area contributed by atoms with Crippen molar-refractivity contribution in [1.29, 1.82) is 0 Å². The SMILES string of the molecule is CCC1(O)C(=O)OCc2c1cc1n(c2=O)Cc2cc3c(CNC(C)C)c(O)ccc3nc2-1. The monoisotopic (exact) mass is 435 g/mol. The molecule has 1 aromatic carbocycles. The molecule has 8 nitrogen and oxygen atoms in total. The van der Waals surface area contributed by atoms with E-state index in [0.29, 0.717) is 41.1 Å². The first-order valence-corrected chi connectivity index (χ1v) is 10.8. The van der Waals surface area contributed by atoms with Gasteiger partial charge in [0.25, 0.3) is 5.56 Å². The fraction of sp³-hybridized carbons (Fsp3) is 0.375. The number of pyridine rings is 2. The lowest BCUT2D eigenvalue weighted by Crippen LogP contribution is -2.44. The molecule has 1 atom stereocenters. The molecule has 2 aromatic heterocycles. The molecular weight excluding hydrogens is 410 g/mol. The second kappa shape index (κ2) is 7.15. The number of aromatic nitrogens is 2. The molecule has 2 aliphatic heterocycles. The van der Waals surface area contributed by atoms with E-state index in [9.17, 15) is 19.8 Å². The maximum Gasteiger partial charge on any atom is 0.343 e. The van der Waals surface area contributed by atoms with Gasteiger partial charge in [-0.05, 0) is 30.7 Å². The molecule has 3 N–H and O–H groups in total. The zero-order valence-corrected chi connectivity index (χ0v) is 18.2. The number of cyclic esters (lactones) is 1. The first kappa shape index (κ1) is 20.7. The van der Waals surface area contributed by atoms with Crippen LogP contribution in [0.15, 0.2) is 29.1 Å². The Hall–Kier alpha value is -3.23. The summed E-state index contributed by atoms with van der Waals surface area (Å²) in [5.41, 5.74) is 1.99. The average Bonchev–Trinajstić information content (AvgIpc) is 3.12. The van der Waals surface area contributed by atoms with Gasteiger partial charge in [0.2, 0.25) is 0 Å². The Morgan fingerprint density at radius 1 is 1.28 bits per heavy atom. The van der Waals surface area contributed by atoms with Crippen LogP contribution in [-0.2, 0) is 34.8 Å². The molecule has 0 radical (unpaired) electrons. The zero-order valence-electron chi connectivity index (χ0n) is 18.2. The fourth-order valence-electron chi connectivity index (χ4n) is 4.59. The highest BCUT2D eigenvalue weighted by molar-refractivity contribution is 5.89. The molecule has 0 aliphatic carbocycles. The summed E-state index contributed by atoms with van der Waals surface area (Å²) >= 11 is 0. The van der Waals surface area contributed by atoms with E-state index in [1.165, 1.54) is 0 Å². The van der Waals surface area contributed by atoms with Gasteiger partial charge in [-0.3, -0.25) is 4.79 Å². The number of aliphatic hydroxyl groups is 1. The van der Waals surface area contributed by atoms with E-state index in [1.54, 1.807) is 29.7 Å². The number of nitrogens with zero attached hydrogens (tertiary/aromatic N) is 2. The van der Waals surface area contributed by atoms with E-state index in [0.717, 1.165) is 16.5 Å². The van der Waals surface area contributed by atoms with Gasteiger partial charge < -0.3 is 24.8 Å². The van der Waals surface area contributed by atoms with Gasteiger partial charge in [-0.1, -0.05) is 20.8 Å². The van der Waals surface area contributed by atoms with Crippen LogP contribution in [0.5, 0.6) is 5.75 Å². The van der Waals surface area contributed by atoms with Crippen LogP contribution in [0, 0.1) is 0 Å². The van der Waals surface area contributed by atoms with E-state index in [-0.39, 0.29) is 30.4 Å². The second-order valence-electron chi connectivity index (χ2n) is 8.76. The summed E-state index contributed by atoms with van der Waals surface area (Å²) in [5, 5.41) is 25.6. The number of carbonyl (C=O) groups excluding carboxylic acids is 1. The van der Waals surface area contributed by atoms with E-state index in [1.807, 2.05) is 19.9 Å². The Labute approximate surface area is 184 Å². The van der Waals surface area contributed by atoms with Gasteiger partial charge in [0.15, 0.2) is 5.60 Å². The third kappa shape index (κ3) is 2.87. The van der Waals surface area contributed by atoms with Gasteiger partial charge in [0.1, 0.15) is 12.4 Å². The average molecular weight is 435 g/mol. The number of ether oxygens (including phenoxy) is 1. The van der Waals surface area contributed by atoms with Crippen molar-refractivity contribution in [3.63, 3.8) is 0 Å². The van der Waals surface area contributed by atoms with Crippen molar-refractivity contribution in [2.75, 3.05) is 0 Å². The normalized spacial score (nSPS) is 19.1. The number of aromatic hydroxyl groups is 1. The highest BCUT2D eigenvalue weighted by atomic mass is 16.6. The van der Waals surface area contributed by atoms with Crippen LogP contribution in [0.2, 0.25) is 0 Å². The van der Waals surface area contributed by atoms with E-state index in [2.05, 4.69) is 5.32 Å². The zero-order chi connectivity index (χ0) is 22.8. The number of phenols is 1.